The summed E-state index contributed by atoms with van der Waals surface area (Å²) in [6.07, 6.45) is 2.90. The number of hydrogen-bond donors (Lipinski definition) is 0. The van der Waals surface area contributed by atoms with E-state index in [4.69, 9.17) is 16.3 Å². The number of carbonyl (C=O) groups excluding carboxylic acids is 1. The molecule has 0 unspecified atom stereocenters. The number of benzene rings is 2. The zero-order chi connectivity index (χ0) is 20.1. The Labute approximate surface area is 169 Å². The summed E-state index contributed by atoms with van der Waals surface area (Å²) < 4.78 is 7.99. The summed E-state index contributed by atoms with van der Waals surface area (Å²) in [6, 6.07) is 11.4. The number of aromatic nitrogens is 1. The molecule has 7 nitrogen and oxygen atoms in total. The van der Waals surface area contributed by atoms with E-state index in [9.17, 15) is 14.9 Å². The summed E-state index contributed by atoms with van der Waals surface area (Å²) in [5, 5.41) is 11.3. The first-order chi connectivity index (χ1) is 13.5. The van der Waals surface area contributed by atoms with Gasteiger partial charge < -0.3 is 9.30 Å². The van der Waals surface area contributed by atoms with Gasteiger partial charge >= 0.3 is 0 Å². The SMILES string of the molecule is COCCn1c(=NC(=O)/C=C\c2ccc([N+](=O)[O-])cc2)sc2cc(Cl)ccc21. The van der Waals surface area contributed by atoms with Crippen molar-refractivity contribution in [1.29, 1.82) is 0 Å². The van der Waals surface area contributed by atoms with Crippen molar-refractivity contribution < 1.29 is 14.5 Å². The monoisotopic (exact) mass is 417 g/mol. The van der Waals surface area contributed by atoms with Crippen molar-refractivity contribution in [1.82, 2.24) is 4.57 Å². The van der Waals surface area contributed by atoms with Crippen molar-refractivity contribution in [3.63, 3.8) is 0 Å². The quantitative estimate of drug-likeness (QED) is 0.344. The van der Waals surface area contributed by atoms with Gasteiger partial charge in [-0.25, -0.2) is 0 Å². The van der Waals surface area contributed by atoms with Crippen LogP contribution < -0.4 is 4.80 Å². The van der Waals surface area contributed by atoms with Gasteiger partial charge in [0.05, 0.1) is 21.7 Å². The fourth-order valence-electron chi connectivity index (χ4n) is 2.54. The van der Waals surface area contributed by atoms with Gasteiger partial charge in [-0.1, -0.05) is 22.9 Å². The lowest BCUT2D eigenvalue weighted by molar-refractivity contribution is -0.384. The first kappa shape index (κ1) is 19.9. The first-order valence-corrected chi connectivity index (χ1v) is 9.46. The molecule has 0 fully saturated rings. The molecule has 1 amide bonds. The Morgan fingerprint density at radius 2 is 2.07 bits per heavy atom. The molecular weight excluding hydrogens is 402 g/mol. The van der Waals surface area contributed by atoms with Crippen LogP contribution in [0.2, 0.25) is 5.02 Å². The number of carbonyl (C=O) groups is 1. The summed E-state index contributed by atoms with van der Waals surface area (Å²) in [5.41, 5.74) is 1.60. The predicted molar refractivity (Wildman–Crippen MR) is 109 cm³/mol. The van der Waals surface area contributed by atoms with Crippen molar-refractivity contribution in [3.05, 3.63) is 74.0 Å². The molecule has 1 aromatic heterocycles. The van der Waals surface area contributed by atoms with Gasteiger partial charge in [-0.15, -0.1) is 0 Å². The highest BCUT2D eigenvalue weighted by Gasteiger charge is 2.08. The fourth-order valence-corrected chi connectivity index (χ4v) is 3.87. The third kappa shape index (κ3) is 4.72. The second kappa shape index (κ2) is 8.92. The first-order valence-electron chi connectivity index (χ1n) is 8.27. The molecule has 3 rings (SSSR count). The molecule has 0 atom stereocenters. The van der Waals surface area contributed by atoms with Crippen LogP contribution in [0.1, 0.15) is 5.56 Å². The van der Waals surface area contributed by atoms with Gasteiger partial charge in [-0.05, 0) is 42.0 Å². The van der Waals surface area contributed by atoms with Crippen LogP contribution in [-0.2, 0) is 16.1 Å². The van der Waals surface area contributed by atoms with Crippen LogP contribution in [-0.4, -0.2) is 29.1 Å². The average Bonchev–Trinajstić information content (AvgIpc) is 3.00. The van der Waals surface area contributed by atoms with Crippen molar-refractivity contribution in [3.8, 4) is 0 Å². The number of halogens is 1. The van der Waals surface area contributed by atoms with Gasteiger partial charge in [0.25, 0.3) is 11.6 Å². The molecule has 0 spiro atoms. The van der Waals surface area contributed by atoms with Gasteiger partial charge in [-0.3, -0.25) is 14.9 Å². The molecule has 0 bridgehead atoms. The van der Waals surface area contributed by atoms with Crippen LogP contribution in [0, 0.1) is 10.1 Å². The average molecular weight is 418 g/mol. The van der Waals surface area contributed by atoms with Crippen LogP contribution in [0.4, 0.5) is 5.69 Å². The molecule has 1 heterocycles. The van der Waals surface area contributed by atoms with E-state index in [2.05, 4.69) is 4.99 Å². The highest BCUT2D eigenvalue weighted by molar-refractivity contribution is 7.16. The molecule has 0 aliphatic heterocycles. The number of non-ortho nitro benzene ring substituents is 1. The van der Waals surface area contributed by atoms with Crippen LogP contribution in [0.15, 0.2) is 53.5 Å². The molecule has 0 saturated carbocycles. The third-order valence-corrected chi connectivity index (χ3v) is 5.17. The lowest BCUT2D eigenvalue weighted by Crippen LogP contribution is -2.18. The normalized spacial score (nSPS) is 12.1. The summed E-state index contributed by atoms with van der Waals surface area (Å²) in [7, 11) is 1.61. The zero-order valence-corrected chi connectivity index (χ0v) is 16.4. The summed E-state index contributed by atoms with van der Waals surface area (Å²) in [5.74, 6) is -0.429. The van der Waals surface area contributed by atoms with Crippen LogP contribution in [0.5, 0.6) is 0 Å². The number of rotatable bonds is 6. The molecule has 0 saturated heterocycles. The summed E-state index contributed by atoms with van der Waals surface area (Å²) in [4.78, 5) is 27.3. The molecule has 0 radical (unpaired) electrons. The molecule has 3 aromatic rings. The zero-order valence-electron chi connectivity index (χ0n) is 14.9. The third-order valence-electron chi connectivity index (χ3n) is 3.89. The maximum Gasteiger partial charge on any atom is 0.272 e. The molecule has 0 N–H and O–H groups in total. The van der Waals surface area contributed by atoms with Crippen molar-refractivity contribution >= 4 is 50.8 Å². The number of ether oxygens (including phenoxy) is 1. The molecule has 28 heavy (non-hydrogen) atoms. The standard InChI is InChI=1S/C19H16ClN3O4S/c1-27-11-10-22-16-8-5-14(20)12-17(16)28-19(22)21-18(24)9-4-13-2-6-15(7-3-13)23(25)26/h2-9,12H,10-11H2,1H3/b9-4-,21-19?. The smallest absolute Gasteiger partial charge is 0.272 e. The summed E-state index contributed by atoms with van der Waals surface area (Å²) >= 11 is 7.43. The number of amides is 1. The Morgan fingerprint density at radius 1 is 1.32 bits per heavy atom. The lowest BCUT2D eigenvalue weighted by Gasteiger charge is -2.03. The van der Waals surface area contributed by atoms with Gasteiger partial charge in [0.2, 0.25) is 0 Å². The van der Waals surface area contributed by atoms with Gasteiger partial charge in [-0.2, -0.15) is 4.99 Å². The van der Waals surface area contributed by atoms with Crippen LogP contribution in [0.25, 0.3) is 16.3 Å². The van der Waals surface area contributed by atoms with E-state index >= 15 is 0 Å². The fraction of sp³-hybridized carbons (Fsp3) is 0.158. The second-order valence-corrected chi connectivity index (χ2v) is 7.22. The number of nitro groups is 1. The largest absolute Gasteiger partial charge is 0.383 e. The Balaban J connectivity index is 1.89. The van der Waals surface area contributed by atoms with Crippen LogP contribution >= 0.6 is 22.9 Å². The molecule has 144 valence electrons. The maximum atomic E-state index is 12.3. The number of hydrogen-bond acceptors (Lipinski definition) is 5. The number of methoxy groups -OCH3 is 1. The van der Waals surface area contributed by atoms with Crippen molar-refractivity contribution in [2.24, 2.45) is 4.99 Å². The number of nitrogens with zero attached hydrogens (tertiary/aromatic N) is 3. The molecule has 0 aliphatic rings. The summed E-state index contributed by atoms with van der Waals surface area (Å²) in [6.45, 7) is 1.03. The molecule has 2 aromatic carbocycles. The van der Waals surface area contributed by atoms with E-state index in [-0.39, 0.29) is 5.69 Å². The number of nitro benzene ring substituents is 1. The van der Waals surface area contributed by atoms with Gasteiger partial charge in [0, 0.05) is 36.9 Å². The van der Waals surface area contributed by atoms with Crippen LogP contribution in [0.3, 0.4) is 0 Å². The van der Waals surface area contributed by atoms with E-state index < -0.39 is 10.8 Å². The molecular formula is C19H16ClN3O4S. The van der Waals surface area contributed by atoms with Gasteiger partial charge in [0.1, 0.15) is 0 Å². The van der Waals surface area contributed by atoms with E-state index in [1.807, 2.05) is 16.7 Å². The number of fused-ring (bicyclic) bond motifs is 1. The highest BCUT2D eigenvalue weighted by Crippen LogP contribution is 2.22. The topological polar surface area (TPSA) is 86.7 Å². The minimum Gasteiger partial charge on any atom is -0.383 e. The molecule has 0 aliphatic carbocycles. The lowest BCUT2D eigenvalue weighted by atomic mass is 10.2. The Bertz CT molecular complexity index is 1120. The Morgan fingerprint density at radius 3 is 2.75 bits per heavy atom. The van der Waals surface area contributed by atoms with E-state index in [1.165, 1.54) is 29.5 Å². The van der Waals surface area contributed by atoms with E-state index in [1.54, 1.807) is 31.4 Å². The van der Waals surface area contributed by atoms with Gasteiger partial charge in [0.15, 0.2) is 4.80 Å². The Kier molecular flexibility index (Phi) is 6.35. The predicted octanol–water partition coefficient (Wildman–Crippen LogP) is 4.05. The number of thiazole rings is 1. The van der Waals surface area contributed by atoms with Crippen molar-refractivity contribution in [2.75, 3.05) is 13.7 Å². The van der Waals surface area contributed by atoms with Crippen molar-refractivity contribution in [2.45, 2.75) is 6.54 Å². The second-order valence-electron chi connectivity index (χ2n) is 5.77. The Hall–Kier alpha value is -2.81. The van der Waals surface area contributed by atoms with E-state index in [0.29, 0.717) is 28.5 Å². The van der Waals surface area contributed by atoms with E-state index in [0.717, 1.165) is 10.2 Å². The minimum absolute atomic E-state index is 0.00344. The minimum atomic E-state index is -0.472. The molecule has 9 heteroatoms. The maximum absolute atomic E-state index is 12.3. The highest BCUT2D eigenvalue weighted by atomic mass is 35.5.